The summed E-state index contributed by atoms with van der Waals surface area (Å²) in [6.45, 7) is 3.62. The number of carbonyl (C=O) groups excluding carboxylic acids is 1. The summed E-state index contributed by atoms with van der Waals surface area (Å²) in [5, 5.41) is 9.92. The molecule has 2 aliphatic rings. The molecule has 0 saturated heterocycles. The number of carbonyl (C=O) groups is 2. The molecule has 1 N–H and O–H groups in total. The average molecular weight is 406 g/mol. The van der Waals surface area contributed by atoms with Crippen LogP contribution in [0.15, 0.2) is 84.4 Å². The van der Waals surface area contributed by atoms with Crippen molar-refractivity contribution in [2.75, 3.05) is 4.90 Å². The second-order valence-electron chi connectivity index (χ2n) is 7.31. The third kappa shape index (κ3) is 3.19. The number of carboxylic acid groups (broad SMARTS) is 1. The molecule has 1 heterocycles. The van der Waals surface area contributed by atoms with E-state index in [9.17, 15) is 14.7 Å². The minimum atomic E-state index is -1.01. The minimum Gasteiger partial charge on any atom is -0.478 e. The molecule has 4 nitrogen and oxygen atoms in total. The first-order valence-corrected chi connectivity index (χ1v) is 9.79. The van der Waals surface area contributed by atoms with Gasteiger partial charge in [-0.05, 0) is 60.7 Å². The first-order chi connectivity index (χ1) is 14.0. The number of nitrogens with zero attached hydrogens (tertiary/aromatic N) is 1. The second kappa shape index (κ2) is 7.37. The zero-order valence-electron chi connectivity index (χ0n) is 15.7. The molecule has 2 atom stereocenters. The summed E-state index contributed by atoms with van der Waals surface area (Å²) in [5.41, 5.74) is 2.03. The van der Waals surface area contributed by atoms with Crippen LogP contribution in [-0.2, 0) is 10.2 Å². The van der Waals surface area contributed by atoms with Gasteiger partial charge < -0.3 is 5.11 Å². The number of amides is 1. The Balaban J connectivity index is 1.66. The van der Waals surface area contributed by atoms with Gasteiger partial charge in [0.1, 0.15) is 0 Å². The van der Waals surface area contributed by atoms with Gasteiger partial charge in [-0.15, -0.1) is 0 Å². The zero-order chi connectivity index (χ0) is 20.6. The van der Waals surface area contributed by atoms with E-state index in [1.165, 1.54) is 6.07 Å². The molecule has 146 valence electrons. The van der Waals surface area contributed by atoms with E-state index in [4.69, 9.17) is 11.6 Å². The van der Waals surface area contributed by atoms with Gasteiger partial charge in [-0.3, -0.25) is 9.69 Å². The summed E-state index contributed by atoms with van der Waals surface area (Å²) in [5.74, 6) is -0.819. The van der Waals surface area contributed by atoms with Crippen LogP contribution in [0.25, 0.3) is 0 Å². The molecule has 1 amide bonds. The van der Waals surface area contributed by atoms with Gasteiger partial charge in [-0.25, -0.2) is 4.79 Å². The van der Waals surface area contributed by atoms with Gasteiger partial charge in [0.15, 0.2) is 0 Å². The number of carboxylic acids is 1. The van der Waals surface area contributed by atoms with Gasteiger partial charge in [0, 0.05) is 10.7 Å². The number of benzene rings is 2. The van der Waals surface area contributed by atoms with Crippen molar-refractivity contribution in [1.82, 2.24) is 0 Å². The molecular weight excluding hydrogens is 386 g/mol. The predicted octanol–water partition coefficient (Wildman–Crippen LogP) is 5.58. The maximum atomic E-state index is 13.5. The lowest BCUT2D eigenvalue weighted by Gasteiger charge is -2.19. The van der Waals surface area contributed by atoms with Crippen molar-refractivity contribution in [3.63, 3.8) is 0 Å². The normalized spacial score (nSPS) is 22.9. The SMILES string of the molecule is C=C/C=C(Cl)\C=C/C[C@@H]1C[C@@]12C(=O)N(c1cccc(C(=O)O)c1)c1ccccc12. The molecule has 5 heteroatoms. The van der Waals surface area contributed by atoms with E-state index in [2.05, 4.69) is 6.58 Å². The summed E-state index contributed by atoms with van der Waals surface area (Å²) in [6, 6.07) is 14.3. The van der Waals surface area contributed by atoms with Crippen LogP contribution in [0.4, 0.5) is 11.4 Å². The summed E-state index contributed by atoms with van der Waals surface area (Å²) in [4.78, 5) is 26.6. The Labute approximate surface area is 174 Å². The van der Waals surface area contributed by atoms with E-state index in [1.807, 2.05) is 36.4 Å². The maximum Gasteiger partial charge on any atom is 0.335 e. The molecule has 4 rings (SSSR count). The molecular formula is C24H20ClNO3. The monoisotopic (exact) mass is 405 g/mol. The molecule has 1 fully saturated rings. The molecule has 1 aliphatic carbocycles. The number of rotatable bonds is 6. The highest BCUT2D eigenvalue weighted by atomic mass is 35.5. The Morgan fingerprint density at radius 3 is 2.83 bits per heavy atom. The van der Waals surface area contributed by atoms with E-state index < -0.39 is 11.4 Å². The molecule has 0 unspecified atom stereocenters. The smallest absolute Gasteiger partial charge is 0.335 e. The molecule has 1 aliphatic heterocycles. The summed E-state index contributed by atoms with van der Waals surface area (Å²) < 4.78 is 0. The Hall–Kier alpha value is -3.11. The van der Waals surface area contributed by atoms with E-state index in [-0.39, 0.29) is 17.4 Å². The van der Waals surface area contributed by atoms with Crippen LogP contribution in [0, 0.1) is 5.92 Å². The van der Waals surface area contributed by atoms with Crippen molar-refractivity contribution in [1.29, 1.82) is 0 Å². The molecule has 2 aromatic carbocycles. The van der Waals surface area contributed by atoms with Crippen LogP contribution in [0.1, 0.15) is 28.8 Å². The number of allylic oxidation sites excluding steroid dienone is 5. The number of hydrogen-bond acceptors (Lipinski definition) is 2. The predicted molar refractivity (Wildman–Crippen MR) is 115 cm³/mol. The maximum absolute atomic E-state index is 13.5. The third-order valence-corrected chi connectivity index (χ3v) is 5.89. The van der Waals surface area contributed by atoms with Crippen molar-refractivity contribution >= 4 is 34.9 Å². The number of fused-ring (bicyclic) bond motifs is 2. The fourth-order valence-electron chi connectivity index (χ4n) is 4.22. The zero-order valence-corrected chi connectivity index (χ0v) is 16.5. The van der Waals surface area contributed by atoms with Crippen LogP contribution in [0.2, 0.25) is 0 Å². The highest BCUT2D eigenvalue weighted by molar-refractivity contribution is 6.31. The summed E-state index contributed by atoms with van der Waals surface area (Å²) in [7, 11) is 0. The van der Waals surface area contributed by atoms with Crippen molar-refractivity contribution < 1.29 is 14.7 Å². The summed E-state index contributed by atoms with van der Waals surface area (Å²) >= 11 is 6.07. The Morgan fingerprint density at radius 2 is 2.07 bits per heavy atom. The van der Waals surface area contributed by atoms with Crippen LogP contribution in [-0.4, -0.2) is 17.0 Å². The number of para-hydroxylation sites is 1. The largest absolute Gasteiger partial charge is 0.478 e. The third-order valence-electron chi connectivity index (χ3n) is 5.64. The number of anilines is 2. The average Bonchev–Trinajstić information content (AvgIpc) is 3.38. The molecule has 1 spiro atoms. The molecule has 29 heavy (non-hydrogen) atoms. The van der Waals surface area contributed by atoms with E-state index in [0.29, 0.717) is 10.7 Å². The van der Waals surface area contributed by atoms with Crippen molar-refractivity contribution in [3.8, 4) is 0 Å². The van der Waals surface area contributed by atoms with Gasteiger partial charge in [0.2, 0.25) is 5.91 Å². The van der Waals surface area contributed by atoms with Crippen LogP contribution >= 0.6 is 11.6 Å². The number of hydrogen-bond donors (Lipinski definition) is 1. The standard InChI is InChI=1S/C24H20ClNO3/c1-2-7-18(25)10-6-9-17-15-24(17)20-12-3-4-13-21(20)26(23(24)29)19-11-5-8-16(14-19)22(27)28/h2-8,10-14,17H,1,9,15H2,(H,27,28)/b10-6-,18-7+/t17-,24-/m1/s1. The van der Waals surface area contributed by atoms with E-state index in [0.717, 1.165) is 24.1 Å². The van der Waals surface area contributed by atoms with Gasteiger partial charge in [0.25, 0.3) is 0 Å². The van der Waals surface area contributed by atoms with E-state index >= 15 is 0 Å². The highest BCUT2D eigenvalue weighted by Gasteiger charge is 2.66. The Morgan fingerprint density at radius 1 is 1.28 bits per heavy atom. The quantitative estimate of drug-likeness (QED) is 0.638. The molecule has 2 aromatic rings. The topological polar surface area (TPSA) is 57.6 Å². The van der Waals surface area contributed by atoms with Crippen molar-refractivity contribution in [2.24, 2.45) is 5.92 Å². The summed E-state index contributed by atoms with van der Waals surface area (Å²) in [6.07, 6.45) is 8.68. The first kappa shape index (κ1) is 19.2. The van der Waals surface area contributed by atoms with Gasteiger partial charge in [0.05, 0.1) is 16.7 Å². The number of aromatic carboxylic acids is 1. The molecule has 1 saturated carbocycles. The van der Waals surface area contributed by atoms with Crippen LogP contribution in [0.5, 0.6) is 0 Å². The second-order valence-corrected chi connectivity index (χ2v) is 7.75. The Kier molecular flexibility index (Phi) is 4.89. The fourth-order valence-corrected chi connectivity index (χ4v) is 4.40. The lowest BCUT2D eigenvalue weighted by molar-refractivity contribution is -0.119. The lowest BCUT2D eigenvalue weighted by atomic mass is 9.94. The van der Waals surface area contributed by atoms with Crippen LogP contribution < -0.4 is 4.90 Å². The first-order valence-electron chi connectivity index (χ1n) is 9.41. The Bertz CT molecular complexity index is 1070. The van der Waals surface area contributed by atoms with E-state index in [1.54, 1.807) is 35.3 Å². The van der Waals surface area contributed by atoms with Gasteiger partial charge >= 0.3 is 5.97 Å². The van der Waals surface area contributed by atoms with Gasteiger partial charge in [-0.2, -0.15) is 0 Å². The number of halogens is 1. The van der Waals surface area contributed by atoms with Crippen molar-refractivity contribution in [2.45, 2.75) is 18.3 Å². The fraction of sp³-hybridized carbons (Fsp3) is 0.167. The molecule has 0 radical (unpaired) electrons. The lowest BCUT2D eigenvalue weighted by Crippen LogP contribution is -2.29. The van der Waals surface area contributed by atoms with Crippen LogP contribution in [0.3, 0.4) is 0 Å². The highest BCUT2D eigenvalue weighted by Crippen LogP contribution is 2.64. The molecule has 0 bridgehead atoms. The minimum absolute atomic E-state index is 0.00682. The molecule has 0 aromatic heterocycles. The van der Waals surface area contributed by atoms with Crippen molar-refractivity contribution in [3.05, 3.63) is 95.6 Å². The van der Waals surface area contributed by atoms with Gasteiger partial charge in [-0.1, -0.05) is 54.6 Å².